The second-order valence-corrected chi connectivity index (χ2v) is 7.14. The van der Waals surface area contributed by atoms with Gasteiger partial charge in [-0.25, -0.2) is 0 Å². The van der Waals surface area contributed by atoms with Crippen molar-refractivity contribution in [2.45, 2.75) is 122 Å². The Labute approximate surface area is 173 Å². The van der Waals surface area contributed by atoms with E-state index in [4.69, 9.17) is 5.11 Å². The molecule has 0 aliphatic rings. The summed E-state index contributed by atoms with van der Waals surface area (Å²) in [6.07, 6.45) is 27.1. The molecule has 0 aromatic rings. The molecule has 25 heavy (non-hydrogen) atoms. The lowest BCUT2D eigenvalue weighted by atomic mass is 10.1. The van der Waals surface area contributed by atoms with E-state index in [0.717, 1.165) is 12.8 Å². The first-order chi connectivity index (χ1) is 11.8. The van der Waals surface area contributed by atoms with E-state index in [1.54, 1.807) is 0 Å². The van der Waals surface area contributed by atoms with Gasteiger partial charge in [-0.05, 0) is 32.1 Å². The van der Waals surface area contributed by atoms with E-state index in [1.165, 1.54) is 96.3 Å². The predicted octanol–water partition coefficient (Wildman–Crippen LogP) is 7.29. The average molecular weight is 363 g/mol. The van der Waals surface area contributed by atoms with Crippen molar-refractivity contribution in [2.75, 3.05) is 0 Å². The third kappa shape index (κ3) is 26.3. The van der Waals surface area contributed by atoms with Crippen LogP contribution < -0.4 is 0 Å². The Morgan fingerprint density at radius 2 is 1.00 bits per heavy atom. The van der Waals surface area contributed by atoms with Crippen molar-refractivity contribution in [1.29, 1.82) is 0 Å². The second-order valence-electron chi connectivity index (χ2n) is 7.14. The first-order valence-corrected chi connectivity index (χ1v) is 10.6. The summed E-state index contributed by atoms with van der Waals surface area (Å²) < 4.78 is 0. The number of hydrogen-bond donors (Lipinski definition) is 1. The van der Waals surface area contributed by atoms with E-state index in [-0.39, 0.29) is 23.1 Å². The Bertz CT molecular complexity index is 290. The molecule has 144 valence electrons. The molecule has 2 radical (unpaired) electrons. The maximum absolute atomic E-state index is 10.4. The van der Waals surface area contributed by atoms with Gasteiger partial charge in [-0.1, -0.05) is 96.1 Å². The van der Waals surface area contributed by atoms with Crippen LogP contribution in [0.1, 0.15) is 122 Å². The maximum atomic E-state index is 10.4. The van der Waals surface area contributed by atoms with Crippen molar-refractivity contribution < 1.29 is 9.90 Å². The molecule has 0 heterocycles. The number of allylic oxidation sites excluding steroid dienone is 2. The van der Waals surface area contributed by atoms with Gasteiger partial charge in [-0.2, -0.15) is 0 Å². The van der Waals surface area contributed by atoms with Crippen molar-refractivity contribution in [1.82, 2.24) is 0 Å². The number of rotatable bonds is 19. The lowest BCUT2D eigenvalue weighted by molar-refractivity contribution is -0.137. The van der Waals surface area contributed by atoms with Crippen LogP contribution in [-0.2, 0) is 4.79 Å². The van der Waals surface area contributed by atoms with Crippen molar-refractivity contribution >= 4 is 29.0 Å². The van der Waals surface area contributed by atoms with E-state index in [2.05, 4.69) is 19.1 Å². The van der Waals surface area contributed by atoms with E-state index in [9.17, 15) is 4.79 Å². The first-order valence-electron chi connectivity index (χ1n) is 10.6. The van der Waals surface area contributed by atoms with Crippen LogP contribution in [0.25, 0.3) is 0 Å². The Morgan fingerprint density at radius 1 is 0.640 bits per heavy atom. The highest BCUT2D eigenvalue weighted by Crippen LogP contribution is 2.12. The highest BCUT2D eigenvalue weighted by Gasteiger charge is 1.96. The third-order valence-electron chi connectivity index (χ3n) is 4.65. The fourth-order valence-electron chi connectivity index (χ4n) is 3.05. The largest absolute Gasteiger partial charge is 0.481 e. The Balaban J connectivity index is 0. The number of hydrogen-bond acceptors (Lipinski definition) is 1. The number of aliphatic carboxylic acids is 1. The van der Waals surface area contributed by atoms with Gasteiger partial charge < -0.3 is 5.11 Å². The molecule has 0 amide bonds. The molecule has 0 fully saturated rings. The van der Waals surface area contributed by atoms with Crippen LogP contribution in [0.3, 0.4) is 0 Å². The minimum Gasteiger partial charge on any atom is -0.481 e. The highest BCUT2D eigenvalue weighted by molar-refractivity contribution is 5.75. The van der Waals surface area contributed by atoms with Gasteiger partial charge in [0.1, 0.15) is 0 Å². The lowest BCUT2D eigenvalue weighted by Crippen LogP contribution is -1.93. The molecular formula is C22H42MgO2. The van der Waals surface area contributed by atoms with Crippen LogP contribution in [0.15, 0.2) is 12.2 Å². The molecule has 0 aromatic heterocycles. The third-order valence-corrected chi connectivity index (χ3v) is 4.65. The molecule has 0 aromatic carbocycles. The van der Waals surface area contributed by atoms with Crippen molar-refractivity contribution in [2.24, 2.45) is 0 Å². The normalized spacial score (nSPS) is 10.9. The fourth-order valence-corrected chi connectivity index (χ4v) is 3.05. The molecule has 0 rings (SSSR count). The molecule has 3 heteroatoms. The Hall–Kier alpha value is -0.0238. The van der Waals surface area contributed by atoms with Crippen molar-refractivity contribution in [3.63, 3.8) is 0 Å². The summed E-state index contributed by atoms with van der Waals surface area (Å²) in [5.74, 6) is -0.656. The molecule has 0 bridgehead atoms. The molecule has 0 spiro atoms. The molecule has 0 atom stereocenters. The number of unbranched alkanes of at least 4 members (excludes halogenated alkanes) is 15. The summed E-state index contributed by atoms with van der Waals surface area (Å²) in [4.78, 5) is 10.4. The van der Waals surface area contributed by atoms with E-state index in [0.29, 0.717) is 6.42 Å². The molecule has 0 saturated carbocycles. The van der Waals surface area contributed by atoms with Gasteiger partial charge in [0.05, 0.1) is 0 Å². The molecule has 0 saturated heterocycles. The molecular weight excluding hydrogens is 321 g/mol. The van der Waals surface area contributed by atoms with Gasteiger partial charge in [-0.15, -0.1) is 0 Å². The standard InChI is InChI=1S/C22H42O2.Mg/c1-2-3-4-5-6-7-8-9-10-11-12-13-14-15-16-17-18-19-20-21-22(23)24;/h9-10H,2-8,11-21H2,1H3,(H,23,24);. The van der Waals surface area contributed by atoms with Crippen LogP contribution in [0, 0.1) is 0 Å². The fraction of sp³-hybridized carbons (Fsp3) is 0.864. The molecule has 0 aliphatic heterocycles. The van der Waals surface area contributed by atoms with Gasteiger partial charge >= 0.3 is 5.97 Å². The smallest absolute Gasteiger partial charge is 0.303 e. The number of carboxylic acids is 1. The van der Waals surface area contributed by atoms with E-state index < -0.39 is 5.97 Å². The van der Waals surface area contributed by atoms with Crippen LogP contribution in [-0.4, -0.2) is 34.1 Å². The van der Waals surface area contributed by atoms with Crippen LogP contribution in [0.2, 0.25) is 0 Å². The maximum Gasteiger partial charge on any atom is 0.303 e. The van der Waals surface area contributed by atoms with Crippen LogP contribution in [0.5, 0.6) is 0 Å². The minimum atomic E-state index is -0.656. The van der Waals surface area contributed by atoms with Crippen LogP contribution >= 0.6 is 0 Å². The zero-order valence-corrected chi connectivity index (χ0v) is 18.4. The molecule has 2 nitrogen and oxygen atoms in total. The molecule has 1 N–H and O–H groups in total. The first kappa shape index (κ1) is 27.2. The predicted molar refractivity (Wildman–Crippen MR) is 111 cm³/mol. The monoisotopic (exact) mass is 362 g/mol. The number of carboxylic acid groups (broad SMARTS) is 1. The van der Waals surface area contributed by atoms with Crippen molar-refractivity contribution in [3.8, 4) is 0 Å². The zero-order chi connectivity index (χ0) is 17.7. The lowest BCUT2D eigenvalue weighted by Gasteiger charge is -2.01. The number of carbonyl (C=O) groups is 1. The minimum absolute atomic E-state index is 0. The topological polar surface area (TPSA) is 37.3 Å². The average Bonchev–Trinajstić information content (AvgIpc) is 2.56. The van der Waals surface area contributed by atoms with Gasteiger partial charge in [0.25, 0.3) is 0 Å². The summed E-state index contributed by atoms with van der Waals surface area (Å²) in [6.45, 7) is 2.27. The molecule has 0 unspecified atom stereocenters. The van der Waals surface area contributed by atoms with Gasteiger partial charge in [-0.3, -0.25) is 4.79 Å². The highest BCUT2D eigenvalue weighted by atomic mass is 24.3. The van der Waals surface area contributed by atoms with E-state index >= 15 is 0 Å². The van der Waals surface area contributed by atoms with Crippen LogP contribution in [0.4, 0.5) is 0 Å². The van der Waals surface area contributed by atoms with Crippen molar-refractivity contribution in [3.05, 3.63) is 12.2 Å². The summed E-state index contributed by atoms with van der Waals surface area (Å²) in [5, 5.41) is 8.55. The Kier molecular flexibility index (Phi) is 26.1. The summed E-state index contributed by atoms with van der Waals surface area (Å²) in [6, 6.07) is 0. The Morgan fingerprint density at radius 3 is 1.40 bits per heavy atom. The van der Waals surface area contributed by atoms with Gasteiger partial charge in [0.2, 0.25) is 0 Å². The molecule has 0 aliphatic carbocycles. The van der Waals surface area contributed by atoms with E-state index in [1.807, 2.05) is 0 Å². The zero-order valence-electron chi connectivity index (χ0n) is 16.9. The second kappa shape index (κ2) is 24.0. The summed E-state index contributed by atoms with van der Waals surface area (Å²) >= 11 is 0. The summed E-state index contributed by atoms with van der Waals surface area (Å²) in [7, 11) is 0. The SMILES string of the molecule is CCCCCCCCC=CCCCCCCCCCCCC(=O)O.[Mg]. The quantitative estimate of drug-likeness (QED) is 0.149. The van der Waals surface area contributed by atoms with Gasteiger partial charge in [0.15, 0.2) is 0 Å². The van der Waals surface area contributed by atoms with Gasteiger partial charge in [0, 0.05) is 29.5 Å². The summed E-state index contributed by atoms with van der Waals surface area (Å²) in [5.41, 5.74) is 0.